The SMILES string of the molecule is CC1CC1C(O)c1cc(Cl)cc2c1OCC2. The molecule has 3 unspecified atom stereocenters. The van der Waals surface area contributed by atoms with E-state index in [1.54, 1.807) is 0 Å². The van der Waals surface area contributed by atoms with Crippen LogP contribution in [0.4, 0.5) is 0 Å². The van der Waals surface area contributed by atoms with Crippen molar-refractivity contribution >= 4 is 11.6 Å². The molecule has 1 aliphatic heterocycles. The van der Waals surface area contributed by atoms with Crippen molar-refractivity contribution in [1.29, 1.82) is 0 Å². The van der Waals surface area contributed by atoms with Crippen molar-refractivity contribution in [3.8, 4) is 5.75 Å². The van der Waals surface area contributed by atoms with E-state index in [1.807, 2.05) is 12.1 Å². The van der Waals surface area contributed by atoms with Gasteiger partial charge in [-0.1, -0.05) is 18.5 Å². The van der Waals surface area contributed by atoms with E-state index in [0.717, 1.165) is 29.7 Å². The fraction of sp³-hybridized carbons (Fsp3) is 0.538. The molecule has 1 saturated carbocycles. The number of aliphatic hydroxyl groups excluding tert-OH is 1. The predicted molar refractivity (Wildman–Crippen MR) is 62.9 cm³/mol. The van der Waals surface area contributed by atoms with Gasteiger partial charge >= 0.3 is 0 Å². The molecule has 3 atom stereocenters. The maximum atomic E-state index is 10.3. The summed E-state index contributed by atoms with van der Waals surface area (Å²) in [6.07, 6.45) is 1.58. The Morgan fingerprint density at radius 1 is 1.50 bits per heavy atom. The molecule has 0 saturated heterocycles. The number of halogens is 1. The Morgan fingerprint density at radius 3 is 2.94 bits per heavy atom. The topological polar surface area (TPSA) is 29.5 Å². The fourth-order valence-electron chi connectivity index (χ4n) is 2.54. The van der Waals surface area contributed by atoms with Gasteiger partial charge in [-0.2, -0.15) is 0 Å². The second-order valence-electron chi connectivity index (χ2n) is 4.90. The number of hydrogen-bond acceptors (Lipinski definition) is 2. The molecular weight excluding hydrogens is 224 g/mol. The number of rotatable bonds is 2. The lowest BCUT2D eigenvalue weighted by Crippen LogP contribution is -2.03. The molecule has 16 heavy (non-hydrogen) atoms. The van der Waals surface area contributed by atoms with Crippen LogP contribution in [0, 0.1) is 11.8 Å². The first kappa shape index (κ1) is 10.4. The second kappa shape index (κ2) is 3.64. The first-order chi connectivity index (χ1) is 7.66. The summed E-state index contributed by atoms with van der Waals surface area (Å²) in [6, 6.07) is 3.79. The highest BCUT2D eigenvalue weighted by Gasteiger charge is 2.41. The highest BCUT2D eigenvalue weighted by atomic mass is 35.5. The Hall–Kier alpha value is -0.730. The van der Waals surface area contributed by atoms with Gasteiger partial charge in [0.2, 0.25) is 0 Å². The summed E-state index contributed by atoms with van der Waals surface area (Å²) < 4.78 is 5.60. The van der Waals surface area contributed by atoms with Gasteiger partial charge in [0.15, 0.2) is 0 Å². The van der Waals surface area contributed by atoms with Gasteiger partial charge < -0.3 is 9.84 Å². The van der Waals surface area contributed by atoms with Crippen molar-refractivity contribution in [3.05, 3.63) is 28.3 Å². The molecule has 1 fully saturated rings. The third-order valence-electron chi connectivity index (χ3n) is 3.67. The number of aliphatic hydroxyl groups is 1. The molecule has 0 amide bonds. The normalized spacial score (nSPS) is 28.4. The fourth-order valence-corrected chi connectivity index (χ4v) is 2.79. The Morgan fingerprint density at radius 2 is 2.25 bits per heavy atom. The summed E-state index contributed by atoms with van der Waals surface area (Å²) >= 11 is 6.07. The van der Waals surface area contributed by atoms with E-state index in [1.165, 1.54) is 0 Å². The highest BCUT2D eigenvalue weighted by molar-refractivity contribution is 6.30. The van der Waals surface area contributed by atoms with Crippen LogP contribution in [0.1, 0.15) is 30.6 Å². The minimum atomic E-state index is -0.416. The molecule has 86 valence electrons. The Balaban J connectivity index is 1.99. The lowest BCUT2D eigenvalue weighted by atomic mass is 10.00. The summed E-state index contributed by atoms with van der Waals surface area (Å²) in [5.41, 5.74) is 2.02. The van der Waals surface area contributed by atoms with E-state index in [9.17, 15) is 5.11 Å². The van der Waals surface area contributed by atoms with Crippen LogP contribution in [0.15, 0.2) is 12.1 Å². The van der Waals surface area contributed by atoms with Crippen LogP contribution < -0.4 is 4.74 Å². The Kier molecular flexibility index (Phi) is 2.37. The summed E-state index contributed by atoms with van der Waals surface area (Å²) in [5, 5.41) is 11.0. The van der Waals surface area contributed by atoms with Gasteiger partial charge in [0.05, 0.1) is 12.7 Å². The third-order valence-corrected chi connectivity index (χ3v) is 3.89. The first-order valence-corrected chi connectivity index (χ1v) is 6.18. The quantitative estimate of drug-likeness (QED) is 0.859. The zero-order valence-corrected chi connectivity index (χ0v) is 10.00. The number of benzene rings is 1. The smallest absolute Gasteiger partial charge is 0.128 e. The zero-order valence-electron chi connectivity index (χ0n) is 9.24. The van der Waals surface area contributed by atoms with E-state index in [0.29, 0.717) is 23.5 Å². The second-order valence-corrected chi connectivity index (χ2v) is 5.34. The molecule has 0 aromatic heterocycles. The molecule has 1 aliphatic carbocycles. The van der Waals surface area contributed by atoms with Gasteiger partial charge in [-0.3, -0.25) is 0 Å². The lowest BCUT2D eigenvalue weighted by molar-refractivity contribution is 0.144. The zero-order chi connectivity index (χ0) is 11.3. The van der Waals surface area contributed by atoms with Crippen molar-refractivity contribution in [2.24, 2.45) is 11.8 Å². The van der Waals surface area contributed by atoms with Crippen LogP contribution in [0.5, 0.6) is 5.75 Å². The molecule has 1 heterocycles. The van der Waals surface area contributed by atoms with Crippen LogP contribution in [0.3, 0.4) is 0 Å². The molecule has 2 nitrogen and oxygen atoms in total. The monoisotopic (exact) mass is 238 g/mol. The Labute approximate surface area is 100 Å². The average molecular weight is 239 g/mol. The van der Waals surface area contributed by atoms with Crippen LogP contribution >= 0.6 is 11.6 Å². The van der Waals surface area contributed by atoms with Crippen LogP contribution in [-0.4, -0.2) is 11.7 Å². The maximum Gasteiger partial charge on any atom is 0.128 e. The van der Waals surface area contributed by atoms with Crippen molar-refractivity contribution in [1.82, 2.24) is 0 Å². The van der Waals surface area contributed by atoms with Crippen molar-refractivity contribution in [2.45, 2.75) is 25.9 Å². The molecular formula is C13H15ClO2. The summed E-state index contributed by atoms with van der Waals surface area (Å²) in [4.78, 5) is 0. The van der Waals surface area contributed by atoms with Crippen LogP contribution in [0.2, 0.25) is 5.02 Å². The minimum Gasteiger partial charge on any atom is -0.493 e. The number of hydrogen-bond donors (Lipinski definition) is 1. The molecule has 3 rings (SSSR count). The lowest BCUT2D eigenvalue weighted by Gasteiger charge is -2.14. The van der Waals surface area contributed by atoms with Gasteiger partial charge in [-0.25, -0.2) is 0 Å². The number of ether oxygens (including phenoxy) is 1. The van der Waals surface area contributed by atoms with E-state index in [4.69, 9.17) is 16.3 Å². The van der Waals surface area contributed by atoms with Crippen molar-refractivity contribution in [2.75, 3.05) is 6.61 Å². The Bertz CT molecular complexity index is 430. The predicted octanol–water partition coefficient (Wildman–Crippen LogP) is 2.96. The highest BCUT2D eigenvalue weighted by Crippen LogP contribution is 2.50. The standard InChI is InChI=1S/C13H15ClO2/c1-7-4-10(7)12(15)11-6-9(14)5-8-2-3-16-13(8)11/h5-7,10,12,15H,2-4H2,1H3. The average Bonchev–Trinajstić information content (AvgIpc) is 2.78. The summed E-state index contributed by atoms with van der Waals surface area (Å²) in [5.74, 6) is 1.87. The van der Waals surface area contributed by atoms with Crippen molar-refractivity contribution < 1.29 is 9.84 Å². The maximum absolute atomic E-state index is 10.3. The van der Waals surface area contributed by atoms with Crippen LogP contribution in [-0.2, 0) is 6.42 Å². The summed E-state index contributed by atoms with van der Waals surface area (Å²) in [7, 11) is 0. The van der Waals surface area contributed by atoms with E-state index < -0.39 is 6.10 Å². The third kappa shape index (κ3) is 1.61. The molecule has 0 bridgehead atoms. The van der Waals surface area contributed by atoms with Crippen molar-refractivity contribution in [3.63, 3.8) is 0 Å². The molecule has 1 aromatic carbocycles. The minimum absolute atomic E-state index is 0.381. The largest absolute Gasteiger partial charge is 0.493 e. The van der Waals surface area contributed by atoms with E-state index >= 15 is 0 Å². The van der Waals surface area contributed by atoms with Gasteiger partial charge in [0, 0.05) is 17.0 Å². The molecule has 1 N–H and O–H groups in total. The van der Waals surface area contributed by atoms with Gasteiger partial charge in [-0.05, 0) is 36.0 Å². The van der Waals surface area contributed by atoms with Gasteiger partial charge in [0.25, 0.3) is 0 Å². The number of fused-ring (bicyclic) bond motifs is 1. The van der Waals surface area contributed by atoms with E-state index in [2.05, 4.69) is 6.92 Å². The van der Waals surface area contributed by atoms with Crippen LogP contribution in [0.25, 0.3) is 0 Å². The molecule has 0 spiro atoms. The first-order valence-electron chi connectivity index (χ1n) is 5.80. The van der Waals surface area contributed by atoms with E-state index in [-0.39, 0.29) is 0 Å². The molecule has 0 radical (unpaired) electrons. The molecule has 1 aromatic rings. The van der Waals surface area contributed by atoms with Gasteiger partial charge in [-0.15, -0.1) is 0 Å². The van der Waals surface area contributed by atoms with Gasteiger partial charge in [0.1, 0.15) is 5.75 Å². The molecule has 3 heteroatoms. The molecule has 2 aliphatic rings. The summed E-state index contributed by atoms with van der Waals surface area (Å²) in [6.45, 7) is 2.87.